The van der Waals surface area contributed by atoms with Crippen LogP contribution in [0.5, 0.6) is 5.75 Å². The van der Waals surface area contributed by atoms with Gasteiger partial charge in [-0.3, -0.25) is 4.79 Å². The number of methoxy groups -OCH3 is 1. The maximum atomic E-state index is 12.6. The Bertz CT molecular complexity index is 536. The second-order valence-electron chi connectivity index (χ2n) is 6.22. The van der Waals surface area contributed by atoms with E-state index in [9.17, 15) is 4.79 Å². The zero-order valence-electron chi connectivity index (χ0n) is 14.0. The van der Waals surface area contributed by atoms with E-state index in [1.807, 2.05) is 23.1 Å². The summed E-state index contributed by atoms with van der Waals surface area (Å²) in [5.41, 5.74) is 7.22. The van der Waals surface area contributed by atoms with Gasteiger partial charge in [0.25, 0.3) is 0 Å². The van der Waals surface area contributed by atoms with Crippen LogP contribution < -0.4 is 15.4 Å². The first-order chi connectivity index (χ1) is 10.7. The van der Waals surface area contributed by atoms with Crippen molar-refractivity contribution in [2.75, 3.05) is 38.2 Å². The van der Waals surface area contributed by atoms with Crippen molar-refractivity contribution < 1.29 is 9.53 Å². The predicted molar refractivity (Wildman–Crippen MR) is 102 cm³/mol. The Hall–Kier alpha value is -1.17. The Morgan fingerprint density at radius 1 is 1.17 bits per heavy atom. The van der Waals surface area contributed by atoms with Gasteiger partial charge in [0.15, 0.2) is 0 Å². The van der Waals surface area contributed by atoms with E-state index < -0.39 is 0 Å². The molecule has 0 aromatic heterocycles. The van der Waals surface area contributed by atoms with Gasteiger partial charge in [-0.15, -0.1) is 24.8 Å². The summed E-state index contributed by atoms with van der Waals surface area (Å²) in [6, 6.07) is 8.15. The number of hydrogen-bond acceptors (Lipinski definition) is 4. The second-order valence-corrected chi connectivity index (χ2v) is 6.22. The molecule has 7 heteroatoms. The van der Waals surface area contributed by atoms with Crippen molar-refractivity contribution in [3.63, 3.8) is 0 Å². The highest BCUT2D eigenvalue weighted by molar-refractivity contribution is 5.85. The van der Waals surface area contributed by atoms with Crippen molar-refractivity contribution in [1.29, 1.82) is 0 Å². The lowest BCUT2D eigenvalue weighted by Gasteiger charge is -2.37. The highest BCUT2D eigenvalue weighted by Crippen LogP contribution is 2.27. The minimum atomic E-state index is 0. The Labute approximate surface area is 156 Å². The Balaban J connectivity index is 0.00000144. The van der Waals surface area contributed by atoms with Crippen LogP contribution in [-0.4, -0.2) is 50.1 Å². The van der Waals surface area contributed by atoms with Crippen LogP contribution in [0.15, 0.2) is 24.3 Å². The van der Waals surface area contributed by atoms with E-state index in [4.69, 9.17) is 10.5 Å². The third kappa shape index (κ3) is 4.47. The molecule has 1 aromatic carbocycles. The van der Waals surface area contributed by atoms with Gasteiger partial charge in [-0.05, 0) is 25.0 Å². The number of benzene rings is 1. The van der Waals surface area contributed by atoms with Crippen LogP contribution in [0.3, 0.4) is 0 Å². The molecule has 136 valence electrons. The molecule has 1 aliphatic carbocycles. The lowest BCUT2D eigenvalue weighted by atomic mass is 10.0. The third-order valence-electron chi connectivity index (χ3n) is 4.90. The SMILES string of the molecule is COc1cccc(N2CCN(C(=O)C3CCCC3N)CC2)c1.Cl.Cl. The van der Waals surface area contributed by atoms with Gasteiger partial charge in [0.2, 0.25) is 5.91 Å². The number of piperazine rings is 1. The molecular weight excluding hydrogens is 349 g/mol. The monoisotopic (exact) mass is 375 g/mol. The molecule has 1 heterocycles. The molecule has 1 saturated heterocycles. The van der Waals surface area contributed by atoms with Crippen LogP contribution >= 0.6 is 24.8 Å². The van der Waals surface area contributed by atoms with Gasteiger partial charge in [-0.25, -0.2) is 0 Å². The maximum absolute atomic E-state index is 12.6. The van der Waals surface area contributed by atoms with Crippen molar-refractivity contribution in [3.05, 3.63) is 24.3 Å². The van der Waals surface area contributed by atoms with Crippen molar-refractivity contribution >= 4 is 36.4 Å². The van der Waals surface area contributed by atoms with Crippen LogP contribution in [0.25, 0.3) is 0 Å². The summed E-state index contributed by atoms with van der Waals surface area (Å²) in [5, 5.41) is 0. The zero-order valence-corrected chi connectivity index (χ0v) is 15.7. The van der Waals surface area contributed by atoms with Crippen LogP contribution in [0, 0.1) is 5.92 Å². The smallest absolute Gasteiger partial charge is 0.227 e. The van der Waals surface area contributed by atoms with Gasteiger partial charge in [0.1, 0.15) is 5.75 Å². The van der Waals surface area contributed by atoms with E-state index in [0.717, 1.165) is 56.9 Å². The number of nitrogens with two attached hydrogens (primary N) is 1. The fourth-order valence-corrected chi connectivity index (χ4v) is 3.52. The number of amides is 1. The lowest BCUT2D eigenvalue weighted by molar-refractivity contribution is -0.136. The number of halogens is 2. The Kier molecular flexibility index (Phi) is 8.13. The van der Waals surface area contributed by atoms with Crippen LogP contribution in [0.1, 0.15) is 19.3 Å². The molecular formula is C17H27Cl2N3O2. The molecule has 3 rings (SSSR count). The standard InChI is InChI=1S/C17H25N3O2.2ClH/c1-22-14-5-2-4-13(12-14)19-8-10-20(11-9-19)17(21)15-6-3-7-16(15)18;;/h2,4-5,12,15-16H,3,6-11,18H2,1H3;2*1H. The summed E-state index contributed by atoms with van der Waals surface area (Å²) in [6.07, 6.45) is 3.03. The molecule has 0 bridgehead atoms. The summed E-state index contributed by atoms with van der Waals surface area (Å²) in [7, 11) is 1.68. The van der Waals surface area contributed by atoms with E-state index in [-0.39, 0.29) is 42.7 Å². The highest BCUT2D eigenvalue weighted by Gasteiger charge is 2.34. The molecule has 5 nitrogen and oxygen atoms in total. The van der Waals surface area contributed by atoms with Gasteiger partial charge in [0, 0.05) is 44.0 Å². The zero-order chi connectivity index (χ0) is 15.5. The number of carbonyl (C=O) groups excluding carboxylic acids is 1. The quantitative estimate of drug-likeness (QED) is 0.880. The molecule has 1 aromatic rings. The molecule has 2 unspecified atom stereocenters. The lowest BCUT2D eigenvalue weighted by Crippen LogP contribution is -2.52. The van der Waals surface area contributed by atoms with E-state index in [2.05, 4.69) is 11.0 Å². The number of ether oxygens (including phenoxy) is 1. The summed E-state index contributed by atoms with van der Waals surface area (Å²) in [5.74, 6) is 1.17. The molecule has 0 spiro atoms. The number of rotatable bonds is 3. The molecule has 1 amide bonds. The van der Waals surface area contributed by atoms with Crippen molar-refractivity contribution in [2.45, 2.75) is 25.3 Å². The predicted octanol–water partition coefficient (Wildman–Crippen LogP) is 2.31. The molecule has 0 radical (unpaired) electrons. The van der Waals surface area contributed by atoms with E-state index in [1.54, 1.807) is 7.11 Å². The Morgan fingerprint density at radius 3 is 2.46 bits per heavy atom. The number of hydrogen-bond donors (Lipinski definition) is 1. The van der Waals surface area contributed by atoms with Crippen LogP contribution in [0.2, 0.25) is 0 Å². The topological polar surface area (TPSA) is 58.8 Å². The van der Waals surface area contributed by atoms with Crippen molar-refractivity contribution in [3.8, 4) is 5.75 Å². The van der Waals surface area contributed by atoms with Gasteiger partial charge >= 0.3 is 0 Å². The summed E-state index contributed by atoms with van der Waals surface area (Å²) in [4.78, 5) is 16.9. The molecule has 2 aliphatic rings. The maximum Gasteiger partial charge on any atom is 0.227 e. The minimum absolute atomic E-state index is 0. The molecule has 24 heavy (non-hydrogen) atoms. The summed E-state index contributed by atoms with van der Waals surface area (Å²) in [6.45, 7) is 3.28. The normalized spacial score (nSPS) is 23.2. The highest BCUT2D eigenvalue weighted by atomic mass is 35.5. The fraction of sp³-hybridized carbons (Fsp3) is 0.588. The van der Waals surface area contributed by atoms with E-state index >= 15 is 0 Å². The summed E-state index contributed by atoms with van der Waals surface area (Å²) < 4.78 is 5.28. The average molecular weight is 376 g/mol. The number of nitrogens with zero attached hydrogens (tertiary/aromatic N) is 2. The molecule has 1 saturated carbocycles. The molecule has 2 atom stereocenters. The van der Waals surface area contributed by atoms with E-state index in [0.29, 0.717) is 0 Å². The van der Waals surface area contributed by atoms with Crippen LogP contribution in [-0.2, 0) is 4.79 Å². The minimum Gasteiger partial charge on any atom is -0.497 e. The van der Waals surface area contributed by atoms with Crippen molar-refractivity contribution in [2.24, 2.45) is 11.7 Å². The van der Waals surface area contributed by atoms with Crippen LogP contribution in [0.4, 0.5) is 5.69 Å². The molecule has 2 N–H and O–H groups in total. The third-order valence-corrected chi connectivity index (χ3v) is 4.90. The second kappa shape index (κ2) is 9.35. The van der Waals surface area contributed by atoms with Gasteiger partial charge in [0.05, 0.1) is 13.0 Å². The van der Waals surface area contributed by atoms with Gasteiger partial charge < -0.3 is 20.3 Å². The molecule has 1 aliphatic heterocycles. The Morgan fingerprint density at radius 2 is 1.88 bits per heavy atom. The number of carbonyl (C=O) groups is 1. The molecule has 2 fully saturated rings. The first-order valence-corrected chi connectivity index (χ1v) is 8.12. The van der Waals surface area contributed by atoms with E-state index in [1.165, 1.54) is 0 Å². The van der Waals surface area contributed by atoms with Gasteiger partial charge in [-0.1, -0.05) is 12.5 Å². The van der Waals surface area contributed by atoms with Gasteiger partial charge in [-0.2, -0.15) is 0 Å². The van der Waals surface area contributed by atoms with Crippen molar-refractivity contribution in [1.82, 2.24) is 4.90 Å². The fourth-order valence-electron chi connectivity index (χ4n) is 3.52. The largest absolute Gasteiger partial charge is 0.497 e. The first kappa shape index (κ1) is 20.9. The first-order valence-electron chi connectivity index (χ1n) is 8.12. The summed E-state index contributed by atoms with van der Waals surface area (Å²) >= 11 is 0. The number of anilines is 1. The average Bonchev–Trinajstić information content (AvgIpc) is 3.00.